The molecule has 2 aromatic carbocycles. The lowest BCUT2D eigenvalue weighted by Crippen LogP contribution is -2.18. The molecule has 3 aromatic rings. The van der Waals surface area contributed by atoms with Crippen molar-refractivity contribution in [2.75, 3.05) is 16.9 Å². The second kappa shape index (κ2) is 9.43. The molecule has 0 aliphatic rings. The first-order chi connectivity index (χ1) is 14.6. The zero-order valence-electron chi connectivity index (χ0n) is 18.6. The number of rotatable bonds is 7. The number of ether oxygens (including phenoxy) is 1. The number of aromatic nitrogens is 3. The van der Waals surface area contributed by atoms with E-state index >= 15 is 0 Å². The lowest BCUT2D eigenvalue weighted by Gasteiger charge is -2.19. The number of amides is 1. The molecule has 8 heteroatoms. The molecular formula is C23H29N5O2S. The summed E-state index contributed by atoms with van der Waals surface area (Å²) in [6, 6.07) is 13.9. The summed E-state index contributed by atoms with van der Waals surface area (Å²) in [5.74, 6) is 7.36. The van der Waals surface area contributed by atoms with Gasteiger partial charge in [0.15, 0.2) is 5.82 Å². The SMILES string of the molecule is Cc1ccc(NC(=O)CSc2nnc(COc3ccc(C(C)(C)C)cc3)n2N)c(C)c1. The zero-order valence-corrected chi connectivity index (χ0v) is 19.4. The van der Waals surface area contributed by atoms with Gasteiger partial charge >= 0.3 is 0 Å². The minimum Gasteiger partial charge on any atom is -0.486 e. The Labute approximate surface area is 187 Å². The van der Waals surface area contributed by atoms with Gasteiger partial charge in [-0.05, 0) is 48.6 Å². The van der Waals surface area contributed by atoms with Gasteiger partial charge in [-0.3, -0.25) is 4.79 Å². The van der Waals surface area contributed by atoms with Crippen LogP contribution in [0.1, 0.15) is 43.3 Å². The maximum absolute atomic E-state index is 12.3. The van der Waals surface area contributed by atoms with Crippen molar-refractivity contribution in [2.24, 2.45) is 0 Å². The molecule has 1 aromatic heterocycles. The molecule has 0 fully saturated rings. The van der Waals surface area contributed by atoms with Gasteiger partial charge in [-0.1, -0.05) is 62.4 Å². The van der Waals surface area contributed by atoms with E-state index in [1.165, 1.54) is 22.0 Å². The lowest BCUT2D eigenvalue weighted by molar-refractivity contribution is -0.113. The Hall–Kier alpha value is -3.00. The number of hydrogen-bond acceptors (Lipinski definition) is 6. The molecule has 0 aliphatic heterocycles. The van der Waals surface area contributed by atoms with Crippen LogP contribution in [0.3, 0.4) is 0 Å². The van der Waals surface area contributed by atoms with Crippen molar-refractivity contribution in [3.05, 3.63) is 65.0 Å². The van der Waals surface area contributed by atoms with Crippen LogP contribution >= 0.6 is 11.8 Å². The minimum atomic E-state index is -0.128. The molecule has 164 valence electrons. The van der Waals surface area contributed by atoms with Gasteiger partial charge in [-0.15, -0.1) is 10.2 Å². The van der Waals surface area contributed by atoms with Crippen LogP contribution < -0.4 is 15.9 Å². The smallest absolute Gasteiger partial charge is 0.234 e. The van der Waals surface area contributed by atoms with Crippen LogP contribution in [0.2, 0.25) is 0 Å². The summed E-state index contributed by atoms with van der Waals surface area (Å²) >= 11 is 1.23. The Bertz CT molecular complexity index is 1050. The van der Waals surface area contributed by atoms with Crippen molar-refractivity contribution in [1.82, 2.24) is 14.9 Å². The third-order valence-corrected chi connectivity index (χ3v) is 5.75. The first-order valence-corrected chi connectivity index (χ1v) is 11.0. The Balaban J connectivity index is 1.53. The van der Waals surface area contributed by atoms with E-state index in [-0.39, 0.29) is 23.7 Å². The minimum absolute atomic E-state index is 0.0898. The van der Waals surface area contributed by atoms with E-state index in [1.807, 2.05) is 44.2 Å². The second-order valence-electron chi connectivity index (χ2n) is 8.49. The quantitative estimate of drug-likeness (QED) is 0.423. The Morgan fingerprint density at radius 3 is 2.48 bits per heavy atom. The fraction of sp³-hybridized carbons (Fsp3) is 0.348. The van der Waals surface area contributed by atoms with Crippen LogP contribution in [0, 0.1) is 13.8 Å². The van der Waals surface area contributed by atoms with Crippen LogP contribution in [-0.4, -0.2) is 26.5 Å². The van der Waals surface area contributed by atoms with Crippen molar-refractivity contribution in [3.8, 4) is 5.75 Å². The topological polar surface area (TPSA) is 95.1 Å². The highest BCUT2D eigenvalue weighted by Gasteiger charge is 2.15. The van der Waals surface area contributed by atoms with Crippen LogP contribution in [0.5, 0.6) is 5.75 Å². The van der Waals surface area contributed by atoms with Gasteiger partial charge in [-0.25, -0.2) is 4.68 Å². The molecule has 7 nitrogen and oxygen atoms in total. The average Bonchev–Trinajstić information content (AvgIpc) is 3.06. The molecule has 1 amide bonds. The number of anilines is 1. The third-order valence-electron chi connectivity index (χ3n) is 4.81. The first kappa shape index (κ1) is 22.7. The summed E-state index contributed by atoms with van der Waals surface area (Å²) in [6.07, 6.45) is 0. The van der Waals surface area contributed by atoms with Crippen LogP contribution in [-0.2, 0) is 16.8 Å². The summed E-state index contributed by atoms with van der Waals surface area (Å²) in [5, 5.41) is 11.5. The average molecular weight is 440 g/mol. The molecule has 0 aliphatic carbocycles. The van der Waals surface area contributed by atoms with Crippen molar-refractivity contribution >= 4 is 23.4 Å². The fourth-order valence-electron chi connectivity index (χ4n) is 2.97. The van der Waals surface area contributed by atoms with Crippen molar-refractivity contribution < 1.29 is 9.53 Å². The zero-order chi connectivity index (χ0) is 22.6. The van der Waals surface area contributed by atoms with Crippen LogP contribution in [0.25, 0.3) is 0 Å². The number of aryl methyl sites for hydroxylation is 2. The maximum atomic E-state index is 12.3. The van der Waals surface area contributed by atoms with Gasteiger partial charge in [0.25, 0.3) is 0 Å². The number of nitrogen functional groups attached to an aromatic ring is 1. The molecule has 3 N–H and O–H groups in total. The second-order valence-corrected chi connectivity index (χ2v) is 9.43. The van der Waals surface area contributed by atoms with Crippen molar-refractivity contribution in [3.63, 3.8) is 0 Å². The molecule has 0 saturated carbocycles. The van der Waals surface area contributed by atoms with E-state index in [4.69, 9.17) is 10.6 Å². The summed E-state index contributed by atoms with van der Waals surface area (Å²) in [6.45, 7) is 10.7. The van der Waals surface area contributed by atoms with Gasteiger partial charge in [0.1, 0.15) is 12.4 Å². The highest BCUT2D eigenvalue weighted by molar-refractivity contribution is 7.99. The Kier molecular flexibility index (Phi) is 6.90. The normalized spacial score (nSPS) is 11.4. The van der Waals surface area contributed by atoms with Gasteiger partial charge in [0.05, 0.1) is 5.75 Å². The monoisotopic (exact) mass is 439 g/mol. The molecule has 0 spiro atoms. The molecule has 0 unspecified atom stereocenters. The number of carbonyl (C=O) groups excluding carboxylic acids is 1. The molecule has 0 radical (unpaired) electrons. The number of carbonyl (C=O) groups is 1. The fourth-order valence-corrected chi connectivity index (χ4v) is 3.65. The van der Waals surface area contributed by atoms with E-state index in [9.17, 15) is 4.79 Å². The predicted molar refractivity (Wildman–Crippen MR) is 125 cm³/mol. The van der Waals surface area contributed by atoms with Crippen molar-refractivity contribution in [2.45, 2.75) is 51.8 Å². The third kappa shape index (κ3) is 6.01. The van der Waals surface area contributed by atoms with E-state index < -0.39 is 0 Å². The number of nitrogens with two attached hydrogens (primary N) is 1. The van der Waals surface area contributed by atoms with E-state index in [2.05, 4.69) is 48.4 Å². The van der Waals surface area contributed by atoms with Crippen molar-refractivity contribution in [1.29, 1.82) is 0 Å². The highest BCUT2D eigenvalue weighted by atomic mass is 32.2. The largest absolute Gasteiger partial charge is 0.486 e. The molecule has 31 heavy (non-hydrogen) atoms. The molecule has 0 atom stereocenters. The highest BCUT2D eigenvalue weighted by Crippen LogP contribution is 2.25. The standard InChI is InChI=1S/C23H29N5O2S/c1-15-6-11-19(16(2)12-15)25-21(29)14-31-22-27-26-20(28(22)24)13-30-18-9-7-17(8-10-18)23(3,4)5/h6-12H,13-14,24H2,1-5H3,(H,25,29). The number of thioether (sulfide) groups is 1. The molecular weight excluding hydrogens is 410 g/mol. The van der Waals surface area contributed by atoms with Gasteiger partial charge in [-0.2, -0.15) is 0 Å². The Morgan fingerprint density at radius 1 is 1.13 bits per heavy atom. The predicted octanol–water partition coefficient (Wildman–Crippen LogP) is 4.22. The number of nitrogens with zero attached hydrogens (tertiary/aromatic N) is 3. The molecule has 0 bridgehead atoms. The lowest BCUT2D eigenvalue weighted by atomic mass is 9.87. The van der Waals surface area contributed by atoms with Gasteiger partial charge < -0.3 is 15.9 Å². The summed E-state index contributed by atoms with van der Waals surface area (Å²) in [4.78, 5) is 12.3. The molecule has 3 rings (SSSR count). The van der Waals surface area contributed by atoms with E-state index in [1.54, 1.807) is 0 Å². The van der Waals surface area contributed by atoms with E-state index in [0.717, 1.165) is 22.6 Å². The van der Waals surface area contributed by atoms with Crippen LogP contribution in [0.15, 0.2) is 47.6 Å². The van der Waals surface area contributed by atoms with Crippen LogP contribution in [0.4, 0.5) is 5.69 Å². The number of nitrogens with one attached hydrogen (secondary N) is 1. The Morgan fingerprint density at radius 2 is 1.84 bits per heavy atom. The summed E-state index contributed by atoms with van der Waals surface area (Å²) < 4.78 is 7.15. The van der Waals surface area contributed by atoms with Gasteiger partial charge in [0, 0.05) is 5.69 Å². The number of benzene rings is 2. The molecule has 1 heterocycles. The number of hydrogen-bond donors (Lipinski definition) is 2. The summed E-state index contributed by atoms with van der Waals surface area (Å²) in [7, 11) is 0. The summed E-state index contributed by atoms with van der Waals surface area (Å²) in [5.41, 5.74) is 4.31. The van der Waals surface area contributed by atoms with E-state index in [0.29, 0.717) is 11.0 Å². The first-order valence-electron chi connectivity index (χ1n) is 10.1. The molecule has 0 saturated heterocycles. The maximum Gasteiger partial charge on any atom is 0.234 e. The van der Waals surface area contributed by atoms with Gasteiger partial charge in [0.2, 0.25) is 11.1 Å².